The molecular weight excluding hydrogens is 536 g/mol. The summed E-state index contributed by atoms with van der Waals surface area (Å²) >= 11 is 6.03. The van der Waals surface area contributed by atoms with E-state index in [1.165, 1.54) is 4.31 Å². The molecule has 0 saturated carbocycles. The first kappa shape index (κ1) is 28.7. The second kappa shape index (κ2) is 13.2. The fourth-order valence-corrected chi connectivity index (χ4v) is 6.14. The molecule has 1 aliphatic heterocycles. The molecule has 1 saturated heterocycles. The quantitative estimate of drug-likeness (QED) is 0.374. The van der Waals surface area contributed by atoms with Gasteiger partial charge in [0.1, 0.15) is 6.04 Å². The molecule has 1 atom stereocenters. The first-order chi connectivity index (χ1) is 18.7. The van der Waals surface area contributed by atoms with E-state index >= 15 is 0 Å². The molecule has 1 aliphatic rings. The summed E-state index contributed by atoms with van der Waals surface area (Å²) in [6, 6.07) is 18.6. The fraction of sp³-hybridized carbons (Fsp3) is 0.345. The van der Waals surface area contributed by atoms with Crippen LogP contribution >= 0.6 is 11.6 Å². The third-order valence-electron chi connectivity index (χ3n) is 6.86. The van der Waals surface area contributed by atoms with Crippen LogP contribution in [-0.2, 0) is 39.1 Å². The second-order valence-electron chi connectivity index (χ2n) is 9.62. The van der Waals surface area contributed by atoms with Crippen LogP contribution < -0.4 is 5.32 Å². The number of halogens is 1. The van der Waals surface area contributed by atoms with Crippen molar-refractivity contribution in [2.75, 3.05) is 13.1 Å². The van der Waals surface area contributed by atoms with Crippen molar-refractivity contribution >= 4 is 33.4 Å². The van der Waals surface area contributed by atoms with Gasteiger partial charge < -0.3 is 10.2 Å². The lowest BCUT2D eigenvalue weighted by molar-refractivity contribution is -0.140. The minimum absolute atomic E-state index is 0.170. The number of rotatable bonds is 11. The Kier molecular flexibility index (Phi) is 9.72. The van der Waals surface area contributed by atoms with E-state index in [1.807, 2.05) is 24.3 Å². The highest BCUT2D eigenvalue weighted by Crippen LogP contribution is 2.22. The van der Waals surface area contributed by atoms with Crippen molar-refractivity contribution in [3.63, 3.8) is 0 Å². The molecule has 0 radical (unpaired) electrons. The number of carbonyl (C=O) groups excluding carboxylic acids is 2. The lowest BCUT2D eigenvalue weighted by Crippen LogP contribution is -2.47. The molecule has 2 heterocycles. The van der Waals surface area contributed by atoms with Crippen LogP contribution in [0, 0.1) is 0 Å². The molecule has 39 heavy (non-hydrogen) atoms. The predicted octanol–water partition coefficient (Wildman–Crippen LogP) is 4.19. The number of amides is 2. The molecule has 1 N–H and O–H groups in total. The maximum Gasteiger partial charge on any atom is 0.243 e. The molecule has 8 nitrogen and oxygen atoms in total. The normalized spacial score (nSPS) is 14.6. The van der Waals surface area contributed by atoms with Crippen LogP contribution in [0.3, 0.4) is 0 Å². The van der Waals surface area contributed by atoms with Gasteiger partial charge in [0.05, 0.1) is 17.1 Å². The monoisotopic (exact) mass is 568 g/mol. The average molecular weight is 569 g/mol. The molecule has 2 amide bonds. The minimum Gasteiger partial charge on any atom is -0.349 e. The average Bonchev–Trinajstić information content (AvgIpc) is 3.51. The Balaban J connectivity index is 1.42. The predicted molar refractivity (Wildman–Crippen MR) is 150 cm³/mol. The third-order valence-corrected chi connectivity index (χ3v) is 9.02. The minimum atomic E-state index is -3.48. The Hall–Kier alpha value is -3.27. The number of pyridine rings is 1. The lowest BCUT2D eigenvalue weighted by atomic mass is 10.1. The van der Waals surface area contributed by atoms with Crippen LogP contribution in [0.5, 0.6) is 0 Å². The number of sulfonamides is 1. The number of carbonyl (C=O) groups is 2. The van der Waals surface area contributed by atoms with Gasteiger partial charge in [0.15, 0.2) is 0 Å². The van der Waals surface area contributed by atoms with Gasteiger partial charge in [0, 0.05) is 37.3 Å². The van der Waals surface area contributed by atoms with Gasteiger partial charge in [-0.3, -0.25) is 14.6 Å². The second-order valence-corrected chi connectivity index (χ2v) is 12.0. The Morgan fingerprint density at radius 3 is 2.31 bits per heavy atom. The largest absolute Gasteiger partial charge is 0.349 e. The van der Waals surface area contributed by atoms with E-state index in [4.69, 9.17) is 11.6 Å². The maximum absolute atomic E-state index is 13.4. The van der Waals surface area contributed by atoms with E-state index in [0.29, 0.717) is 24.5 Å². The number of hydrogen-bond donors (Lipinski definition) is 1. The van der Waals surface area contributed by atoms with Crippen molar-refractivity contribution in [1.82, 2.24) is 19.5 Å². The smallest absolute Gasteiger partial charge is 0.243 e. The third kappa shape index (κ3) is 7.65. The molecule has 1 aromatic heterocycles. The van der Waals surface area contributed by atoms with Crippen molar-refractivity contribution in [3.8, 4) is 0 Å². The summed E-state index contributed by atoms with van der Waals surface area (Å²) < 4.78 is 27.1. The first-order valence-electron chi connectivity index (χ1n) is 13.0. The number of nitrogens with zero attached hydrogens (tertiary/aromatic N) is 3. The van der Waals surface area contributed by atoms with E-state index < -0.39 is 16.1 Å². The van der Waals surface area contributed by atoms with Crippen LogP contribution in [0.15, 0.2) is 77.8 Å². The SMILES string of the molecule is C[C@H](C(=O)NCc1ccccn1)N(Cc1ccc(Cl)cc1)C(=O)CCc1ccc(S(=O)(=O)N2CCCC2)cc1. The number of hydrogen-bond acceptors (Lipinski definition) is 5. The van der Waals surface area contributed by atoms with Crippen LogP contribution in [0.4, 0.5) is 0 Å². The highest BCUT2D eigenvalue weighted by atomic mass is 35.5. The summed E-state index contributed by atoms with van der Waals surface area (Å²) in [7, 11) is -3.48. The van der Waals surface area contributed by atoms with Crippen molar-refractivity contribution in [1.29, 1.82) is 0 Å². The van der Waals surface area contributed by atoms with E-state index in [0.717, 1.165) is 29.7 Å². The Bertz CT molecular complexity index is 1360. The van der Waals surface area contributed by atoms with E-state index in [9.17, 15) is 18.0 Å². The van der Waals surface area contributed by atoms with Crippen LogP contribution in [0.1, 0.15) is 43.0 Å². The first-order valence-corrected chi connectivity index (χ1v) is 14.9. The molecule has 0 spiro atoms. The summed E-state index contributed by atoms with van der Waals surface area (Å²) in [5, 5.41) is 3.46. The van der Waals surface area contributed by atoms with Gasteiger partial charge in [0.2, 0.25) is 21.8 Å². The molecular formula is C29H33ClN4O4S. The standard InChI is InChI=1S/C29H33ClN4O4S/c1-22(29(36)32-20-26-6-2-3-17-31-26)34(21-24-7-12-25(30)13-8-24)28(35)16-11-23-9-14-27(15-10-23)39(37,38)33-18-4-5-19-33/h2-3,6-10,12-15,17,22H,4-5,11,16,18-21H2,1H3,(H,32,36)/t22-/m1/s1. The molecule has 4 rings (SSSR count). The van der Waals surface area contributed by atoms with Crippen molar-refractivity contribution in [2.24, 2.45) is 0 Å². The van der Waals surface area contributed by atoms with Crippen LogP contribution in [0.2, 0.25) is 5.02 Å². The highest BCUT2D eigenvalue weighted by Gasteiger charge is 2.28. The van der Waals surface area contributed by atoms with Gasteiger partial charge in [-0.2, -0.15) is 4.31 Å². The maximum atomic E-state index is 13.4. The number of aromatic nitrogens is 1. The Labute approximate surface area is 235 Å². The van der Waals surface area contributed by atoms with Gasteiger partial charge in [-0.25, -0.2) is 8.42 Å². The summed E-state index contributed by atoms with van der Waals surface area (Å²) in [4.78, 5) is 32.5. The summed E-state index contributed by atoms with van der Waals surface area (Å²) in [6.07, 6.45) is 4.01. The fourth-order valence-electron chi connectivity index (χ4n) is 4.50. The number of aryl methyl sites for hydroxylation is 1. The van der Waals surface area contributed by atoms with E-state index in [-0.39, 0.29) is 36.2 Å². The van der Waals surface area contributed by atoms with Gasteiger partial charge in [-0.05, 0) is 73.7 Å². The Morgan fingerprint density at radius 1 is 1.00 bits per heavy atom. The van der Waals surface area contributed by atoms with Gasteiger partial charge in [-0.15, -0.1) is 0 Å². The van der Waals surface area contributed by atoms with Crippen molar-refractivity contribution < 1.29 is 18.0 Å². The molecule has 206 valence electrons. The van der Waals surface area contributed by atoms with Crippen LogP contribution in [-0.4, -0.2) is 53.6 Å². The molecule has 3 aromatic rings. The molecule has 0 aliphatic carbocycles. The summed E-state index contributed by atoms with van der Waals surface area (Å²) in [6.45, 7) is 3.33. The zero-order valence-electron chi connectivity index (χ0n) is 21.9. The van der Waals surface area contributed by atoms with Crippen molar-refractivity contribution in [2.45, 2.75) is 56.6 Å². The van der Waals surface area contributed by atoms with E-state index in [1.54, 1.807) is 60.5 Å². The Morgan fingerprint density at radius 2 is 1.67 bits per heavy atom. The molecule has 10 heteroatoms. The zero-order chi connectivity index (χ0) is 27.8. The van der Waals surface area contributed by atoms with Gasteiger partial charge >= 0.3 is 0 Å². The number of nitrogens with one attached hydrogen (secondary N) is 1. The van der Waals surface area contributed by atoms with Crippen molar-refractivity contribution in [3.05, 3.63) is 94.8 Å². The molecule has 0 bridgehead atoms. The van der Waals surface area contributed by atoms with Crippen LogP contribution in [0.25, 0.3) is 0 Å². The molecule has 1 fully saturated rings. The lowest BCUT2D eigenvalue weighted by Gasteiger charge is -2.29. The van der Waals surface area contributed by atoms with Gasteiger partial charge in [-0.1, -0.05) is 41.9 Å². The highest BCUT2D eigenvalue weighted by molar-refractivity contribution is 7.89. The van der Waals surface area contributed by atoms with Gasteiger partial charge in [0.25, 0.3) is 0 Å². The summed E-state index contributed by atoms with van der Waals surface area (Å²) in [5.41, 5.74) is 2.43. The summed E-state index contributed by atoms with van der Waals surface area (Å²) in [5.74, 6) is -0.460. The topological polar surface area (TPSA) is 99.7 Å². The molecule has 0 unspecified atom stereocenters. The number of benzene rings is 2. The molecule has 2 aromatic carbocycles. The zero-order valence-corrected chi connectivity index (χ0v) is 23.5. The van der Waals surface area contributed by atoms with E-state index in [2.05, 4.69) is 10.3 Å².